The molecule has 82 valence electrons. The summed E-state index contributed by atoms with van der Waals surface area (Å²) in [6.45, 7) is 0.659. The fourth-order valence-electron chi connectivity index (χ4n) is 1.16. The molecular formula is C10H14ClN3O. The second-order valence-corrected chi connectivity index (χ2v) is 3.64. The number of amides is 1. The molecule has 4 nitrogen and oxygen atoms in total. The van der Waals surface area contributed by atoms with Crippen molar-refractivity contribution in [3.63, 3.8) is 0 Å². The second kappa shape index (κ2) is 5.46. The smallest absolute Gasteiger partial charge is 0.217 e. The lowest BCUT2D eigenvalue weighted by atomic mass is 10.2. The first kappa shape index (κ1) is 11.7. The van der Waals surface area contributed by atoms with Crippen molar-refractivity contribution in [1.29, 1.82) is 0 Å². The average molecular weight is 228 g/mol. The molecule has 0 aromatic heterocycles. The fourth-order valence-corrected chi connectivity index (χ4v) is 1.42. The van der Waals surface area contributed by atoms with E-state index in [1.165, 1.54) is 0 Å². The van der Waals surface area contributed by atoms with Crippen molar-refractivity contribution in [2.45, 2.75) is 12.8 Å². The van der Waals surface area contributed by atoms with Crippen molar-refractivity contribution in [2.24, 2.45) is 5.73 Å². The van der Waals surface area contributed by atoms with E-state index in [0.717, 1.165) is 5.69 Å². The van der Waals surface area contributed by atoms with Crippen LogP contribution in [0.3, 0.4) is 0 Å². The van der Waals surface area contributed by atoms with Gasteiger partial charge in [-0.15, -0.1) is 0 Å². The molecule has 0 radical (unpaired) electrons. The van der Waals surface area contributed by atoms with E-state index < -0.39 is 0 Å². The number of primary amides is 1. The maximum Gasteiger partial charge on any atom is 0.217 e. The predicted molar refractivity (Wildman–Crippen MR) is 62.8 cm³/mol. The quantitative estimate of drug-likeness (QED) is 0.528. The topological polar surface area (TPSA) is 81.1 Å². The van der Waals surface area contributed by atoms with Gasteiger partial charge in [-0.2, -0.15) is 0 Å². The second-order valence-electron chi connectivity index (χ2n) is 3.24. The first-order valence-corrected chi connectivity index (χ1v) is 5.04. The van der Waals surface area contributed by atoms with Crippen molar-refractivity contribution in [3.05, 3.63) is 23.2 Å². The average Bonchev–Trinajstić information content (AvgIpc) is 2.14. The van der Waals surface area contributed by atoms with Gasteiger partial charge in [0.25, 0.3) is 0 Å². The summed E-state index contributed by atoms with van der Waals surface area (Å²) in [5.41, 5.74) is 12.0. The summed E-state index contributed by atoms with van der Waals surface area (Å²) in [6, 6.07) is 5.25. The van der Waals surface area contributed by atoms with E-state index in [2.05, 4.69) is 5.32 Å². The van der Waals surface area contributed by atoms with Crippen LogP contribution in [0.4, 0.5) is 11.4 Å². The first-order valence-electron chi connectivity index (χ1n) is 4.67. The lowest BCUT2D eigenvalue weighted by Gasteiger charge is -2.07. The van der Waals surface area contributed by atoms with Crippen molar-refractivity contribution in [3.8, 4) is 0 Å². The number of carbonyl (C=O) groups is 1. The molecular weight excluding hydrogens is 214 g/mol. The molecule has 0 saturated heterocycles. The van der Waals surface area contributed by atoms with Crippen LogP contribution in [0.25, 0.3) is 0 Å². The van der Waals surface area contributed by atoms with Crippen molar-refractivity contribution in [1.82, 2.24) is 0 Å². The molecule has 0 aliphatic heterocycles. The third kappa shape index (κ3) is 4.08. The van der Waals surface area contributed by atoms with Crippen molar-refractivity contribution < 1.29 is 4.79 Å². The van der Waals surface area contributed by atoms with Gasteiger partial charge in [-0.05, 0) is 24.6 Å². The summed E-state index contributed by atoms with van der Waals surface area (Å²) < 4.78 is 0. The Hall–Kier alpha value is -1.42. The van der Waals surface area contributed by atoms with Gasteiger partial charge >= 0.3 is 0 Å². The monoisotopic (exact) mass is 227 g/mol. The Balaban J connectivity index is 2.40. The number of nitrogens with two attached hydrogens (primary N) is 2. The lowest BCUT2D eigenvalue weighted by molar-refractivity contribution is -0.118. The molecule has 0 spiro atoms. The molecule has 5 heteroatoms. The number of halogens is 1. The summed E-state index contributed by atoms with van der Waals surface area (Å²) in [5.74, 6) is -0.291. The number of nitrogens with one attached hydrogen (secondary N) is 1. The van der Waals surface area contributed by atoms with Gasteiger partial charge in [0, 0.05) is 18.7 Å². The minimum Gasteiger partial charge on any atom is -0.399 e. The fraction of sp³-hybridized carbons (Fsp3) is 0.300. The predicted octanol–water partition coefficient (Wildman–Crippen LogP) is 1.60. The molecule has 5 N–H and O–H groups in total. The van der Waals surface area contributed by atoms with E-state index in [0.29, 0.717) is 30.1 Å². The molecule has 0 bridgehead atoms. The zero-order chi connectivity index (χ0) is 11.3. The van der Waals surface area contributed by atoms with Gasteiger partial charge in [0.15, 0.2) is 0 Å². The Kier molecular flexibility index (Phi) is 4.24. The van der Waals surface area contributed by atoms with E-state index in [9.17, 15) is 4.79 Å². The molecule has 1 aromatic carbocycles. The van der Waals surface area contributed by atoms with E-state index in [1.54, 1.807) is 12.1 Å². The van der Waals surface area contributed by atoms with Crippen LogP contribution in [0, 0.1) is 0 Å². The Morgan fingerprint density at radius 1 is 1.47 bits per heavy atom. The molecule has 0 aliphatic carbocycles. The summed E-state index contributed by atoms with van der Waals surface area (Å²) in [5, 5.41) is 3.68. The Morgan fingerprint density at radius 2 is 2.20 bits per heavy atom. The zero-order valence-electron chi connectivity index (χ0n) is 8.29. The molecule has 1 aromatic rings. The zero-order valence-corrected chi connectivity index (χ0v) is 9.05. The van der Waals surface area contributed by atoms with Gasteiger partial charge in [0.05, 0.1) is 10.7 Å². The Morgan fingerprint density at radius 3 is 2.80 bits per heavy atom. The van der Waals surface area contributed by atoms with E-state index in [-0.39, 0.29) is 5.91 Å². The first-order chi connectivity index (χ1) is 7.09. The van der Waals surface area contributed by atoms with Crippen molar-refractivity contribution >= 4 is 28.9 Å². The SMILES string of the molecule is NC(=O)CCCNc1ccc(N)cc1Cl. The van der Waals surface area contributed by atoms with Gasteiger partial charge in [-0.3, -0.25) is 4.79 Å². The molecule has 0 unspecified atom stereocenters. The van der Waals surface area contributed by atoms with Gasteiger partial charge in [-0.1, -0.05) is 11.6 Å². The molecule has 0 fully saturated rings. The molecule has 0 atom stereocenters. The number of nitrogen functional groups attached to an aromatic ring is 1. The normalized spacial score (nSPS) is 9.93. The third-order valence-corrected chi connectivity index (χ3v) is 2.22. The number of hydrogen-bond donors (Lipinski definition) is 3. The maximum absolute atomic E-state index is 10.5. The van der Waals surface area contributed by atoms with Gasteiger partial charge < -0.3 is 16.8 Å². The van der Waals surface area contributed by atoms with Crippen molar-refractivity contribution in [2.75, 3.05) is 17.6 Å². The molecule has 0 heterocycles. The van der Waals surface area contributed by atoms with Crippen LogP contribution in [0.2, 0.25) is 5.02 Å². The van der Waals surface area contributed by atoms with Crippen LogP contribution in [0.1, 0.15) is 12.8 Å². The van der Waals surface area contributed by atoms with Gasteiger partial charge in [-0.25, -0.2) is 0 Å². The molecule has 1 amide bonds. The molecule has 0 saturated carbocycles. The van der Waals surface area contributed by atoms with Gasteiger partial charge in [0.2, 0.25) is 5.91 Å². The maximum atomic E-state index is 10.5. The number of benzene rings is 1. The number of carbonyl (C=O) groups excluding carboxylic acids is 1. The highest BCUT2D eigenvalue weighted by Gasteiger charge is 2.00. The van der Waals surface area contributed by atoms with Crippen LogP contribution < -0.4 is 16.8 Å². The van der Waals surface area contributed by atoms with Gasteiger partial charge in [0.1, 0.15) is 0 Å². The van der Waals surface area contributed by atoms with E-state index in [4.69, 9.17) is 23.1 Å². The third-order valence-electron chi connectivity index (χ3n) is 1.91. The van der Waals surface area contributed by atoms with E-state index >= 15 is 0 Å². The number of rotatable bonds is 5. The molecule has 15 heavy (non-hydrogen) atoms. The summed E-state index contributed by atoms with van der Waals surface area (Å²) in [4.78, 5) is 10.5. The number of hydrogen-bond acceptors (Lipinski definition) is 3. The highest BCUT2D eigenvalue weighted by Crippen LogP contribution is 2.23. The minimum atomic E-state index is -0.291. The highest BCUT2D eigenvalue weighted by atomic mass is 35.5. The Bertz CT molecular complexity index is 355. The largest absolute Gasteiger partial charge is 0.399 e. The molecule has 1 rings (SSSR count). The highest BCUT2D eigenvalue weighted by molar-refractivity contribution is 6.33. The lowest BCUT2D eigenvalue weighted by Crippen LogP contribution is -2.12. The Labute approximate surface area is 93.6 Å². The summed E-state index contributed by atoms with van der Waals surface area (Å²) in [7, 11) is 0. The standard InChI is InChI=1S/C10H14ClN3O/c11-8-6-7(12)3-4-9(8)14-5-1-2-10(13)15/h3-4,6,14H,1-2,5,12H2,(H2,13,15). The summed E-state index contributed by atoms with van der Waals surface area (Å²) >= 11 is 5.94. The number of anilines is 2. The van der Waals surface area contributed by atoms with Crippen LogP contribution in [-0.2, 0) is 4.79 Å². The van der Waals surface area contributed by atoms with Crippen LogP contribution in [0.15, 0.2) is 18.2 Å². The molecule has 0 aliphatic rings. The van der Waals surface area contributed by atoms with E-state index in [1.807, 2.05) is 6.07 Å². The summed E-state index contributed by atoms with van der Waals surface area (Å²) in [6.07, 6.45) is 1.07. The van der Waals surface area contributed by atoms with Crippen LogP contribution in [0.5, 0.6) is 0 Å². The van der Waals surface area contributed by atoms with Crippen LogP contribution >= 0.6 is 11.6 Å². The van der Waals surface area contributed by atoms with Crippen LogP contribution in [-0.4, -0.2) is 12.5 Å². The minimum absolute atomic E-state index is 0.291.